The number of tetrazole rings is 1. The number of methoxy groups -OCH3 is 1. The van der Waals surface area contributed by atoms with Crippen molar-refractivity contribution < 1.29 is 9.53 Å². The summed E-state index contributed by atoms with van der Waals surface area (Å²) in [5.41, 5.74) is 1.75. The van der Waals surface area contributed by atoms with E-state index in [0.29, 0.717) is 17.3 Å². The Labute approximate surface area is 162 Å². The van der Waals surface area contributed by atoms with Crippen LogP contribution in [0.5, 0.6) is 5.75 Å². The van der Waals surface area contributed by atoms with Gasteiger partial charge in [-0.15, -0.1) is 5.10 Å². The van der Waals surface area contributed by atoms with Gasteiger partial charge in [0.1, 0.15) is 17.6 Å². The highest BCUT2D eigenvalue weighted by Gasteiger charge is 2.27. The number of ether oxygens (including phenoxy) is 1. The number of aryl methyl sites for hydroxylation is 1. The van der Waals surface area contributed by atoms with E-state index >= 15 is 0 Å². The molecular formula is C19H23N7O2. The van der Waals surface area contributed by atoms with Crippen molar-refractivity contribution in [1.29, 1.82) is 0 Å². The maximum atomic E-state index is 13.0. The molecule has 2 aromatic heterocycles. The second-order valence-corrected chi connectivity index (χ2v) is 7.04. The van der Waals surface area contributed by atoms with Gasteiger partial charge in [0.15, 0.2) is 5.82 Å². The summed E-state index contributed by atoms with van der Waals surface area (Å²) >= 11 is 0. The fourth-order valence-corrected chi connectivity index (χ4v) is 3.73. The molecular weight excluding hydrogens is 358 g/mol. The van der Waals surface area contributed by atoms with Gasteiger partial charge in [-0.2, -0.15) is 9.78 Å². The Morgan fingerprint density at radius 3 is 3.14 bits per heavy atom. The van der Waals surface area contributed by atoms with Gasteiger partial charge in [-0.1, -0.05) is 12.1 Å². The number of nitrogens with zero attached hydrogens (tertiary/aromatic N) is 6. The Balaban J connectivity index is 1.40. The number of H-pyrrole nitrogens is 1. The molecule has 1 amide bonds. The third kappa shape index (κ3) is 3.88. The van der Waals surface area contributed by atoms with E-state index in [0.717, 1.165) is 44.5 Å². The first-order chi connectivity index (χ1) is 13.7. The first-order valence-corrected chi connectivity index (χ1v) is 9.43. The summed E-state index contributed by atoms with van der Waals surface area (Å²) in [5.74, 6) is 1.82. The first-order valence-electron chi connectivity index (χ1n) is 9.43. The number of hydrogen-bond acceptors (Lipinski definition) is 6. The number of aromatic nitrogens is 6. The standard InChI is InChI=1S/C19H23N7O2/c1-28-16-6-2-4-14(10-16)7-8-15-5-3-9-25(12-15)19(27)17-11-20-22-18(17)26-13-21-23-24-26/h2,4,6,10-11,13,15H,3,5,7-9,12H2,1H3,(H,20,22)/t15-/m0/s1. The third-order valence-corrected chi connectivity index (χ3v) is 5.21. The Morgan fingerprint density at radius 1 is 1.39 bits per heavy atom. The van der Waals surface area contributed by atoms with Crippen molar-refractivity contribution in [2.24, 2.45) is 5.92 Å². The zero-order valence-corrected chi connectivity index (χ0v) is 15.8. The molecule has 1 aliphatic heterocycles. The van der Waals surface area contributed by atoms with Gasteiger partial charge in [-0.05, 0) is 59.7 Å². The molecule has 3 aromatic rings. The van der Waals surface area contributed by atoms with Gasteiger partial charge in [-0.3, -0.25) is 9.89 Å². The predicted molar refractivity (Wildman–Crippen MR) is 101 cm³/mol. The van der Waals surface area contributed by atoms with Crippen molar-refractivity contribution in [3.05, 3.63) is 47.9 Å². The largest absolute Gasteiger partial charge is 0.497 e. The number of piperidine rings is 1. The summed E-state index contributed by atoms with van der Waals surface area (Å²) in [4.78, 5) is 15.0. The molecule has 0 radical (unpaired) electrons. The van der Waals surface area contributed by atoms with Gasteiger partial charge in [0.05, 0.1) is 13.3 Å². The van der Waals surface area contributed by atoms with Crippen LogP contribution in [-0.2, 0) is 6.42 Å². The topological polar surface area (TPSA) is 102 Å². The lowest BCUT2D eigenvalue weighted by atomic mass is 9.91. The number of rotatable bonds is 6. The molecule has 9 nitrogen and oxygen atoms in total. The van der Waals surface area contributed by atoms with Crippen molar-refractivity contribution in [2.75, 3.05) is 20.2 Å². The molecule has 1 atom stereocenters. The van der Waals surface area contributed by atoms with Crippen LogP contribution in [0.1, 0.15) is 35.2 Å². The summed E-state index contributed by atoms with van der Waals surface area (Å²) < 4.78 is 6.72. The molecule has 1 fully saturated rings. The van der Waals surface area contributed by atoms with Crippen LogP contribution in [0.2, 0.25) is 0 Å². The van der Waals surface area contributed by atoms with Crippen LogP contribution in [0.3, 0.4) is 0 Å². The number of likely N-dealkylation sites (tertiary alicyclic amines) is 1. The lowest BCUT2D eigenvalue weighted by Crippen LogP contribution is -2.40. The Hall–Kier alpha value is -3.23. The number of amides is 1. The number of aromatic amines is 1. The van der Waals surface area contributed by atoms with Crippen LogP contribution in [0.25, 0.3) is 5.82 Å². The molecule has 1 N–H and O–H groups in total. The smallest absolute Gasteiger partial charge is 0.259 e. The van der Waals surface area contributed by atoms with Crippen molar-refractivity contribution in [2.45, 2.75) is 25.7 Å². The highest BCUT2D eigenvalue weighted by molar-refractivity contribution is 5.97. The van der Waals surface area contributed by atoms with Crippen molar-refractivity contribution in [3.63, 3.8) is 0 Å². The molecule has 0 unspecified atom stereocenters. The molecule has 1 aliphatic rings. The number of nitrogens with one attached hydrogen (secondary N) is 1. The van der Waals surface area contributed by atoms with E-state index < -0.39 is 0 Å². The molecule has 0 bridgehead atoms. The quantitative estimate of drug-likeness (QED) is 0.699. The van der Waals surface area contributed by atoms with Gasteiger partial charge in [-0.25, -0.2) is 0 Å². The number of hydrogen-bond donors (Lipinski definition) is 1. The van der Waals surface area contributed by atoms with Crippen LogP contribution >= 0.6 is 0 Å². The van der Waals surface area contributed by atoms with E-state index in [1.807, 2.05) is 17.0 Å². The second kappa shape index (κ2) is 8.20. The number of carbonyl (C=O) groups is 1. The minimum atomic E-state index is -0.0367. The van der Waals surface area contributed by atoms with Crippen LogP contribution < -0.4 is 4.74 Å². The summed E-state index contributed by atoms with van der Waals surface area (Å²) in [6, 6.07) is 8.18. The zero-order valence-electron chi connectivity index (χ0n) is 15.8. The van der Waals surface area contributed by atoms with Crippen molar-refractivity contribution in [1.82, 2.24) is 35.3 Å². The molecule has 0 spiro atoms. The summed E-state index contributed by atoms with van der Waals surface area (Å²) in [6.07, 6.45) is 7.15. The SMILES string of the molecule is COc1cccc(CC[C@@H]2CCCN(C(=O)c3cn[nH]c3-n3cnnn3)C2)c1. The molecule has 146 valence electrons. The van der Waals surface area contributed by atoms with Gasteiger partial charge in [0.2, 0.25) is 0 Å². The van der Waals surface area contributed by atoms with Gasteiger partial charge >= 0.3 is 0 Å². The first kappa shape index (κ1) is 18.1. The molecule has 0 saturated carbocycles. The monoisotopic (exact) mass is 381 g/mol. The Bertz CT molecular complexity index is 922. The number of carbonyl (C=O) groups excluding carboxylic acids is 1. The van der Waals surface area contributed by atoms with E-state index in [1.54, 1.807) is 13.3 Å². The van der Waals surface area contributed by atoms with Crippen molar-refractivity contribution in [3.8, 4) is 11.6 Å². The normalized spacial score (nSPS) is 16.9. The fraction of sp³-hybridized carbons (Fsp3) is 0.421. The lowest BCUT2D eigenvalue weighted by molar-refractivity contribution is 0.0668. The number of benzene rings is 1. The lowest BCUT2D eigenvalue weighted by Gasteiger charge is -2.32. The highest BCUT2D eigenvalue weighted by atomic mass is 16.5. The van der Waals surface area contributed by atoms with Gasteiger partial charge < -0.3 is 9.64 Å². The van der Waals surface area contributed by atoms with Gasteiger partial charge in [0, 0.05) is 13.1 Å². The summed E-state index contributed by atoms with van der Waals surface area (Å²) in [6.45, 7) is 1.51. The Morgan fingerprint density at radius 2 is 2.32 bits per heavy atom. The van der Waals surface area contributed by atoms with E-state index in [9.17, 15) is 4.79 Å². The maximum absolute atomic E-state index is 13.0. The van der Waals surface area contributed by atoms with Gasteiger partial charge in [0.25, 0.3) is 5.91 Å². The maximum Gasteiger partial charge on any atom is 0.259 e. The molecule has 28 heavy (non-hydrogen) atoms. The highest BCUT2D eigenvalue weighted by Crippen LogP contribution is 2.24. The summed E-state index contributed by atoms with van der Waals surface area (Å²) in [7, 11) is 1.68. The second-order valence-electron chi connectivity index (χ2n) is 7.04. The molecule has 0 aliphatic carbocycles. The average molecular weight is 381 g/mol. The predicted octanol–water partition coefficient (Wildman–Crippen LogP) is 1.88. The summed E-state index contributed by atoms with van der Waals surface area (Å²) in [5, 5.41) is 17.9. The van der Waals surface area contributed by atoms with Crippen LogP contribution in [0, 0.1) is 5.92 Å². The minimum absolute atomic E-state index is 0.0367. The average Bonchev–Trinajstić information content (AvgIpc) is 3.43. The zero-order chi connectivity index (χ0) is 19.3. The van der Waals surface area contributed by atoms with E-state index in [4.69, 9.17) is 4.74 Å². The fourth-order valence-electron chi connectivity index (χ4n) is 3.73. The van der Waals surface area contributed by atoms with E-state index in [2.05, 4.69) is 37.9 Å². The van der Waals surface area contributed by atoms with E-state index in [1.165, 1.54) is 16.6 Å². The molecule has 1 saturated heterocycles. The minimum Gasteiger partial charge on any atom is -0.497 e. The van der Waals surface area contributed by atoms with Crippen LogP contribution in [0.15, 0.2) is 36.8 Å². The molecule has 3 heterocycles. The van der Waals surface area contributed by atoms with Crippen molar-refractivity contribution >= 4 is 5.91 Å². The molecule has 9 heteroatoms. The Kier molecular flexibility index (Phi) is 5.31. The molecule has 4 rings (SSSR count). The molecule has 1 aromatic carbocycles. The van der Waals surface area contributed by atoms with Crippen LogP contribution in [-0.4, -0.2) is 61.4 Å². The van der Waals surface area contributed by atoms with E-state index in [-0.39, 0.29) is 5.91 Å². The van der Waals surface area contributed by atoms with Crippen LogP contribution in [0.4, 0.5) is 0 Å². The third-order valence-electron chi connectivity index (χ3n) is 5.21.